The second kappa shape index (κ2) is 11.1. The van der Waals surface area contributed by atoms with E-state index in [0.717, 1.165) is 5.56 Å². The van der Waals surface area contributed by atoms with Gasteiger partial charge in [-0.25, -0.2) is 10.2 Å². The van der Waals surface area contributed by atoms with Gasteiger partial charge in [0.25, 0.3) is 0 Å². The fourth-order valence-corrected chi connectivity index (χ4v) is 3.08. The van der Waals surface area contributed by atoms with Gasteiger partial charge in [0, 0.05) is 10.6 Å². The summed E-state index contributed by atoms with van der Waals surface area (Å²) < 4.78 is 10.7. The molecule has 0 unspecified atom stereocenters. The number of benzene rings is 3. The van der Waals surface area contributed by atoms with E-state index in [1.54, 1.807) is 55.5 Å². The molecule has 8 nitrogen and oxygen atoms in total. The highest BCUT2D eigenvalue weighted by Crippen LogP contribution is 2.27. The number of esters is 1. The highest BCUT2D eigenvalue weighted by atomic mass is 35.5. The van der Waals surface area contributed by atoms with Crippen molar-refractivity contribution in [1.29, 1.82) is 0 Å². The number of amides is 2. The molecular weight excluding hydrogens is 458 g/mol. The van der Waals surface area contributed by atoms with Crippen LogP contribution >= 0.6 is 11.6 Å². The zero-order chi connectivity index (χ0) is 24.7. The van der Waals surface area contributed by atoms with Gasteiger partial charge in [0.05, 0.1) is 24.1 Å². The van der Waals surface area contributed by atoms with E-state index in [4.69, 9.17) is 21.1 Å². The van der Waals surface area contributed by atoms with Crippen LogP contribution in [0.3, 0.4) is 0 Å². The van der Waals surface area contributed by atoms with Gasteiger partial charge in [0.2, 0.25) is 0 Å². The molecule has 0 heterocycles. The monoisotopic (exact) mass is 479 g/mol. The lowest BCUT2D eigenvalue weighted by atomic mass is 10.1. The third-order valence-corrected chi connectivity index (χ3v) is 4.94. The SMILES string of the molecule is COc1ccc(Cl)cc1NC(=O)C(=O)N/N=C(\C)c1ccccc1OC(=O)c1ccc(C)cc1. The Morgan fingerprint density at radius 3 is 2.32 bits per heavy atom. The molecule has 3 aromatic rings. The van der Waals surface area contributed by atoms with Gasteiger partial charge in [0.1, 0.15) is 11.5 Å². The second-order valence-corrected chi connectivity index (χ2v) is 7.63. The summed E-state index contributed by atoms with van der Waals surface area (Å²) in [5.41, 5.74) is 4.66. The second-order valence-electron chi connectivity index (χ2n) is 7.19. The maximum atomic E-state index is 12.5. The van der Waals surface area contributed by atoms with Crippen LogP contribution in [0, 0.1) is 6.92 Å². The van der Waals surface area contributed by atoms with E-state index in [1.807, 2.05) is 19.1 Å². The van der Waals surface area contributed by atoms with Crippen LogP contribution in [0.2, 0.25) is 5.02 Å². The van der Waals surface area contributed by atoms with E-state index in [1.165, 1.54) is 13.2 Å². The number of halogens is 1. The molecule has 2 amide bonds. The van der Waals surface area contributed by atoms with Crippen molar-refractivity contribution in [3.63, 3.8) is 0 Å². The number of hydrazone groups is 1. The molecule has 0 bridgehead atoms. The zero-order valence-corrected chi connectivity index (χ0v) is 19.5. The average Bonchev–Trinajstić information content (AvgIpc) is 2.83. The van der Waals surface area contributed by atoms with Crippen molar-refractivity contribution >= 4 is 40.8 Å². The molecule has 174 valence electrons. The van der Waals surface area contributed by atoms with Crippen LogP contribution in [0.15, 0.2) is 71.8 Å². The number of carbonyl (C=O) groups excluding carboxylic acids is 3. The maximum absolute atomic E-state index is 12.5. The number of nitrogens with one attached hydrogen (secondary N) is 2. The van der Waals surface area contributed by atoms with Crippen LogP contribution in [0.1, 0.15) is 28.4 Å². The third-order valence-electron chi connectivity index (χ3n) is 4.71. The fourth-order valence-electron chi connectivity index (χ4n) is 2.91. The summed E-state index contributed by atoms with van der Waals surface area (Å²) in [5, 5.41) is 6.77. The number of ether oxygens (including phenoxy) is 2. The number of hydrogen-bond donors (Lipinski definition) is 2. The van der Waals surface area contributed by atoms with Gasteiger partial charge in [-0.3, -0.25) is 9.59 Å². The lowest BCUT2D eigenvalue weighted by Gasteiger charge is -2.11. The normalized spacial score (nSPS) is 10.9. The van der Waals surface area contributed by atoms with Gasteiger partial charge in [-0.2, -0.15) is 5.10 Å². The molecule has 0 saturated heterocycles. The number of para-hydroxylation sites is 1. The maximum Gasteiger partial charge on any atom is 0.343 e. The molecule has 0 saturated carbocycles. The summed E-state index contributed by atoms with van der Waals surface area (Å²) in [4.78, 5) is 37.0. The van der Waals surface area contributed by atoms with Gasteiger partial charge in [-0.1, -0.05) is 41.4 Å². The molecular formula is C25H22ClN3O5. The first-order valence-electron chi connectivity index (χ1n) is 10.2. The number of rotatable bonds is 6. The molecule has 3 aromatic carbocycles. The van der Waals surface area contributed by atoms with Gasteiger partial charge in [-0.05, 0) is 56.3 Å². The van der Waals surface area contributed by atoms with E-state index < -0.39 is 17.8 Å². The summed E-state index contributed by atoms with van der Waals surface area (Å²) in [7, 11) is 1.43. The average molecular weight is 480 g/mol. The van der Waals surface area contributed by atoms with Crippen molar-refractivity contribution in [1.82, 2.24) is 5.43 Å². The molecule has 0 aliphatic carbocycles. The molecule has 34 heavy (non-hydrogen) atoms. The lowest BCUT2D eigenvalue weighted by molar-refractivity contribution is -0.136. The summed E-state index contributed by atoms with van der Waals surface area (Å²) in [6.45, 7) is 3.53. The Balaban J connectivity index is 1.70. The summed E-state index contributed by atoms with van der Waals surface area (Å²) >= 11 is 5.94. The Hall–Kier alpha value is -4.17. The standard InChI is InChI=1S/C25H22ClN3O5/c1-15-8-10-17(11-9-15)25(32)34-21-7-5-4-6-19(21)16(2)28-29-24(31)23(30)27-20-14-18(26)12-13-22(20)33-3/h4-14H,1-3H3,(H,27,30)(H,29,31)/b28-16+. The number of carbonyl (C=O) groups is 3. The number of aryl methyl sites for hydroxylation is 1. The summed E-state index contributed by atoms with van der Waals surface area (Å²) in [5.74, 6) is -1.89. The van der Waals surface area contributed by atoms with Crippen LogP contribution in [-0.2, 0) is 9.59 Å². The fraction of sp³-hybridized carbons (Fsp3) is 0.120. The minimum absolute atomic E-state index is 0.240. The third kappa shape index (κ3) is 6.20. The molecule has 0 spiro atoms. The first-order valence-corrected chi connectivity index (χ1v) is 10.5. The van der Waals surface area contributed by atoms with E-state index >= 15 is 0 Å². The van der Waals surface area contributed by atoms with E-state index in [-0.39, 0.29) is 11.4 Å². The minimum atomic E-state index is -1.00. The van der Waals surface area contributed by atoms with Crippen molar-refractivity contribution < 1.29 is 23.9 Å². The number of anilines is 1. The molecule has 0 atom stereocenters. The van der Waals surface area contributed by atoms with Crippen molar-refractivity contribution in [2.75, 3.05) is 12.4 Å². The number of hydrogen-bond acceptors (Lipinski definition) is 6. The molecule has 0 aliphatic rings. The minimum Gasteiger partial charge on any atom is -0.495 e. The zero-order valence-electron chi connectivity index (χ0n) is 18.7. The Morgan fingerprint density at radius 1 is 0.912 bits per heavy atom. The predicted octanol–water partition coefficient (Wildman–Crippen LogP) is 4.36. The molecule has 0 aromatic heterocycles. The van der Waals surface area contributed by atoms with Gasteiger partial charge < -0.3 is 14.8 Å². The predicted molar refractivity (Wildman–Crippen MR) is 130 cm³/mol. The van der Waals surface area contributed by atoms with Crippen molar-refractivity contribution in [2.24, 2.45) is 5.10 Å². The Morgan fingerprint density at radius 2 is 1.62 bits per heavy atom. The quantitative estimate of drug-likeness (QED) is 0.180. The Bertz CT molecular complexity index is 1260. The van der Waals surface area contributed by atoms with Crippen LogP contribution in [0.25, 0.3) is 0 Å². The molecule has 0 aliphatic heterocycles. The molecule has 3 rings (SSSR count). The van der Waals surface area contributed by atoms with E-state index in [9.17, 15) is 14.4 Å². The van der Waals surface area contributed by atoms with Gasteiger partial charge in [0.15, 0.2) is 0 Å². The lowest BCUT2D eigenvalue weighted by Crippen LogP contribution is -2.33. The molecule has 2 N–H and O–H groups in total. The highest BCUT2D eigenvalue weighted by molar-refractivity contribution is 6.40. The largest absolute Gasteiger partial charge is 0.495 e. The highest BCUT2D eigenvalue weighted by Gasteiger charge is 2.17. The topological polar surface area (TPSA) is 106 Å². The smallest absolute Gasteiger partial charge is 0.343 e. The summed E-state index contributed by atoms with van der Waals surface area (Å²) in [6, 6.07) is 18.3. The van der Waals surface area contributed by atoms with Crippen LogP contribution < -0.4 is 20.2 Å². The van der Waals surface area contributed by atoms with Crippen molar-refractivity contribution in [3.05, 3.63) is 88.4 Å². The molecule has 9 heteroatoms. The van der Waals surface area contributed by atoms with E-state index in [0.29, 0.717) is 27.6 Å². The van der Waals surface area contributed by atoms with Crippen molar-refractivity contribution in [3.8, 4) is 11.5 Å². The molecule has 0 radical (unpaired) electrons. The van der Waals surface area contributed by atoms with Gasteiger partial charge in [-0.15, -0.1) is 0 Å². The van der Waals surface area contributed by atoms with Crippen LogP contribution in [0.4, 0.5) is 5.69 Å². The first-order chi connectivity index (χ1) is 16.3. The van der Waals surface area contributed by atoms with E-state index in [2.05, 4.69) is 15.8 Å². The van der Waals surface area contributed by atoms with Crippen LogP contribution in [0.5, 0.6) is 11.5 Å². The number of nitrogens with zero attached hydrogens (tertiary/aromatic N) is 1. The van der Waals surface area contributed by atoms with Crippen molar-refractivity contribution in [2.45, 2.75) is 13.8 Å². The first kappa shape index (κ1) is 24.5. The number of methoxy groups -OCH3 is 1. The molecule has 0 fully saturated rings. The Labute approximate surface area is 201 Å². The van der Waals surface area contributed by atoms with Gasteiger partial charge >= 0.3 is 17.8 Å². The Kier molecular flexibility index (Phi) is 8.00. The summed E-state index contributed by atoms with van der Waals surface area (Å²) in [6.07, 6.45) is 0. The van der Waals surface area contributed by atoms with Crippen LogP contribution in [-0.4, -0.2) is 30.6 Å².